The average molecular weight is 786 g/mol. The number of carbonyl (C=O) groups is 2. The summed E-state index contributed by atoms with van der Waals surface area (Å²) in [5, 5.41) is 3.68. The molecule has 2 N–H and O–H groups in total. The number of piperidine rings is 3. The lowest BCUT2D eigenvalue weighted by atomic mass is 9.86. The maximum Gasteiger partial charge on any atom is 0.387 e. The number of aromatic nitrogens is 1. The van der Waals surface area contributed by atoms with E-state index in [2.05, 4.69) is 15.2 Å². The van der Waals surface area contributed by atoms with Crippen LogP contribution in [0.2, 0.25) is 10.0 Å². The highest BCUT2D eigenvalue weighted by atomic mass is 35.5. The standard InChI is InChI=1S/C40H38Cl2F3N3O6/c41-30-19-46-20-31(42)29(30)18-34(25-10-11-33(54-40(44)45)35(17-25)51-22-23-8-9-23)52-38(49)26-4-3-5-27(16-26)47-37(28-6-1-2-7-32(28)43)39(50)53-36-21-48-14-12-24(36)13-15-48/h1-7,10-11,16-17,19-20,23-24,34,36-37,40,47H,8-9,12-15,18,21-22H2/p+1/t34-,36-,37?/m0/s1. The maximum atomic E-state index is 15.2. The fourth-order valence-electron chi connectivity index (χ4n) is 6.94. The van der Waals surface area contributed by atoms with Crippen LogP contribution in [0.15, 0.2) is 79.1 Å². The molecular weight excluding hydrogens is 746 g/mol. The number of aromatic amines is 1. The second-order valence-corrected chi connectivity index (χ2v) is 14.7. The van der Waals surface area contributed by atoms with Crippen LogP contribution in [-0.2, 0) is 20.7 Å². The van der Waals surface area contributed by atoms with Gasteiger partial charge in [0, 0.05) is 29.8 Å². The van der Waals surface area contributed by atoms with E-state index in [4.69, 9.17) is 42.1 Å². The molecule has 9 nitrogen and oxygen atoms in total. The van der Waals surface area contributed by atoms with Gasteiger partial charge in [0.2, 0.25) is 0 Å². The van der Waals surface area contributed by atoms with Crippen LogP contribution in [0.5, 0.6) is 11.5 Å². The third-order valence-corrected chi connectivity index (χ3v) is 10.8. The van der Waals surface area contributed by atoms with Gasteiger partial charge in [-0.1, -0.05) is 53.5 Å². The van der Waals surface area contributed by atoms with Crippen molar-refractivity contribution in [2.75, 3.05) is 31.6 Å². The van der Waals surface area contributed by atoms with E-state index in [1.54, 1.807) is 18.2 Å². The van der Waals surface area contributed by atoms with E-state index in [9.17, 15) is 18.4 Å². The molecule has 284 valence electrons. The zero-order valence-electron chi connectivity index (χ0n) is 29.1. The summed E-state index contributed by atoms with van der Waals surface area (Å²) in [6, 6.07) is 15.4. The van der Waals surface area contributed by atoms with Crippen molar-refractivity contribution < 1.29 is 46.7 Å². The molecule has 3 aliphatic heterocycles. The van der Waals surface area contributed by atoms with Crippen molar-refractivity contribution in [2.24, 2.45) is 11.8 Å². The van der Waals surface area contributed by atoms with E-state index in [1.165, 1.54) is 60.9 Å². The van der Waals surface area contributed by atoms with E-state index in [-0.39, 0.29) is 41.1 Å². The molecule has 4 heterocycles. The van der Waals surface area contributed by atoms with Crippen molar-refractivity contribution in [3.05, 3.63) is 117 Å². The molecule has 3 atom stereocenters. The van der Waals surface area contributed by atoms with Crippen molar-refractivity contribution in [2.45, 2.75) is 57.0 Å². The number of ether oxygens (including phenoxy) is 4. The highest BCUT2D eigenvalue weighted by Crippen LogP contribution is 2.38. The molecule has 14 heteroatoms. The maximum absolute atomic E-state index is 15.2. The molecule has 0 radical (unpaired) electrons. The van der Waals surface area contributed by atoms with Crippen LogP contribution in [0.25, 0.3) is 0 Å². The quantitative estimate of drug-likeness (QED) is 0.120. The fraction of sp³-hybridized carbons (Fsp3) is 0.375. The zero-order chi connectivity index (χ0) is 37.8. The van der Waals surface area contributed by atoms with Crippen molar-refractivity contribution in [3.8, 4) is 11.5 Å². The van der Waals surface area contributed by atoms with Crippen molar-refractivity contribution in [1.29, 1.82) is 0 Å². The lowest BCUT2D eigenvalue weighted by molar-refractivity contribution is -0.377. The van der Waals surface area contributed by atoms with E-state index in [0.717, 1.165) is 38.8 Å². The Balaban J connectivity index is 1.15. The molecule has 54 heavy (non-hydrogen) atoms. The zero-order valence-corrected chi connectivity index (χ0v) is 30.6. The summed E-state index contributed by atoms with van der Waals surface area (Å²) in [7, 11) is 0. The van der Waals surface area contributed by atoms with Crippen LogP contribution in [-0.4, -0.2) is 55.8 Å². The van der Waals surface area contributed by atoms with E-state index < -0.39 is 36.5 Å². The number of H-pyrrole nitrogens is 1. The van der Waals surface area contributed by atoms with Crippen molar-refractivity contribution in [1.82, 2.24) is 4.90 Å². The molecule has 2 bridgehead atoms. The molecule has 3 saturated heterocycles. The summed E-state index contributed by atoms with van der Waals surface area (Å²) >= 11 is 13.0. The minimum Gasteiger partial charge on any atom is -0.489 e. The first-order chi connectivity index (χ1) is 26.1. The normalized spacial score (nSPS) is 20.2. The number of pyridine rings is 1. The number of hydrogen-bond acceptors (Lipinski definition) is 8. The van der Waals surface area contributed by atoms with Gasteiger partial charge in [0.25, 0.3) is 0 Å². The number of anilines is 1. The van der Waals surface area contributed by atoms with Gasteiger partial charge in [0.05, 0.1) is 12.2 Å². The number of carbonyl (C=O) groups excluding carboxylic acids is 2. The number of benzene rings is 3. The van der Waals surface area contributed by atoms with Crippen LogP contribution in [0.3, 0.4) is 0 Å². The molecule has 0 spiro atoms. The summed E-state index contributed by atoms with van der Waals surface area (Å²) in [4.78, 5) is 32.8. The number of nitrogens with zero attached hydrogens (tertiary/aromatic N) is 1. The molecule has 4 aliphatic rings. The van der Waals surface area contributed by atoms with Gasteiger partial charge in [0.1, 0.15) is 28.1 Å². The SMILES string of the molecule is O=C(O[C@@H](Cc1c(Cl)c[nH+]cc1Cl)c1ccc(OC(F)F)c(OCC2CC2)c1)c1cccc(NC(C(=O)O[C@H]2CN3CCC2CC3)c2ccccc2F)c1. The Morgan fingerprint density at radius 1 is 0.926 bits per heavy atom. The van der Waals surface area contributed by atoms with E-state index >= 15 is 4.39 Å². The summed E-state index contributed by atoms with van der Waals surface area (Å²) < 4.78 is 64.5. The van der Waals surface area contributed by atoms with Gasteiger partial charge in [-0.05, 0) is 92.6 Å². The Hall–Kier alpha value is -4.52. The molecular formula is C40H39Cl2F3N3O6+. The van der Waals surface area contributed by atoms with Crippen LogP contribution >= 0.6 is 23.2 Å². The molecule has 1 unspecified atom stereocenters. The summed E-state index contributed by atoms with van der Waals surface area (Å²) in [5.41, 5.74) is 1.45. The Labute approximate surface area is 320 Å². The molecule has 4 fully saturated rings. The van der Waals surface area contributed by atoms with Crippen molar-refractivity contribution >= 4 is 40.8 Å². The Morgan fingerprint density at radius 2 is 1.69 bits per heavy atom. The van der Waals surface area contributed by atoms with Gasteiger partial charge in [-0.15, -0.1) is 0 Å². The minimum atomic E-state index is -3.08. The number of hydrogen-bond donors (Lipinski definition) is 1. The van der Waals surface area contributed by atoms with Crippen molar-refractivity contribution in [3.63, 3.8) is 0 Å². The number of halogens is 5. The van der Waals surface area contributed by atoms with Gasteiger partial charge < -0.3 is 24.3 Å². The lowest BCUT2D eigenvalue weighted by Crippen LogP contribution is -2.52. The molecule has 3 aromatic carbocycles. The highest BCUT2D eigenvalue weighted by molar-refractivity contribution is 6.35. The minimum absolute atomic E-state index is 0.0218. The second kappa shape index (κ2) is 16.9. The lowest BCUT2D eigenvalue weighted by Gasteiger charge is -2.44. The summed E-state index contributed by atoms with van der Waals surface area (Å²) in [6.45, 7) is -0.186. The molecule has 4 aromatic rings. The van der Waals surface area contributed by atoms with Gasteiger partial charge in [-0.25, -0.2) is 19.0 Å². The second-order valence-electron chi connectivity index (χ2n) is 13.9. The predicted octanol–water partition coefficient (Wildman–Crippen LogP) is 8.27. The third-order valence-electron chi connectivity index (χ3n) is 10.1. The van der Waals surface area contributed by atoms with E-state index in [0.29, 0.717) is 45.9 Å². The molecule has 1 saturated carbocycles. The van der Waals surface area contributed by atoms with E-state index in [1.807, 2.05) is 0 Å². The smallest absolute Gasteiger partial charge is 0.387 e. The Morgan fingerprint density at radius 3 is 2.37 bits per heavy atom. The highest BCUT2D eigenvalue weighted by Gasteiger charge is 2.38. The fourth-order valence-corrected chi connectivity index (χ4v) is 7.47. The van der Waals surface area contributed by atoms with Crippen LogP contribution < -0.4 is 19.8 Å². The average Bonchev–Trinajstić information content (AvgIpc) is 4.00. The van der Waals surface area contributed by atoms with Gasteiger partial charge >= 0.3 is 18.6 Å². The molecule has 1 aromatic heterocycles. The Bertz CT molecular complexity index is 1960. The summed E-state index contributed by atoms with van der Waals surface area (Å²) in [6.07, 6.45) is 5.60. The summed E-state index contributed by atoms with van der Waals surface area (Å²) in [5.74, 6) is -1.46. The predicted molar refractivity (Wildman–Crippen MR) is 194 cm³/mol. The van der Waals surface area contributed by atoms with Crippen LogP contribution in [0.1, 0.15) is 64.9 Å². The number of nitrogens with one attached hydrogen (secondary N) is 2. The molecule has 8 rings (SSSR count). The topological polar surface area (TPSA) is 100 Å². The van der Waals surface area contributed by atoms with Crippen LogP contribution in [0.4, 0.5) is 18.9 Å². The molecule has 0 amide bonds. The molecule has 1 aliphatic carbocycles. The number of fused-ring (bicyclic) bond motifs is 3. The first-order valence-corrected chi connectivity index (χ1v) is 18.7. The monoisotopic (exact) mass is 784 g/mol. The van der Waals surface area contributed by atoms with Gasteiger partial charge in [-0.2, -0.15) is 8.78 Å². The number of alkyl halides is 2. The number of rotatable bonds is 15. The first-order valence-electron chi connectivity index (χ1n) is 17.9. The number of esters is 2. The van der Waals surface area contributed by atoms with Gasteiger partial charge in [0.15, 0.2) is 29.9 Å². The largest absolute Gasteiger partial charge is 0.489 e. The first kappa shape index (κ1) is 37.8. The van der Waals surface area contributed by atoms with Crippen LogP contribution in [0, 0.1) is 17.7 Å². The van der Waals surface area contributed by atoms with Gasteiger partial charge in [-0.3, -0.25) is 4.90 Å². The Kier molecular flexibility index (Phi) is 11.8. The third kappa shape index (κ3) is 9.22.